The first-order chi connectivity index (χ1) is 42.5. The van der Waals surface area contributed by atoms with Gasteiger partial charge >= 0.3 is 23.8 Å². The number of nitrogens with zero attached hydrogens (tertiary/aromatic N) is 6. The van der Waals surface area contributed by atoms with Crippen LogP contribution < -0.4 is 53.2 Å². The molecule has 28 heteroatoms. The molecular weight excluding hydrogens is 1140 g/mol. The Morgan fingerprint density at radius 1 is 0.750 bits per heavy atom. The quantitative estimate of drug-likeness (QED) is 0.0213. The number of carbonyl (C=O) groups excluding carboxylic acids is 7. The van der Waals surface area contributed by atoms with E-state index >= 15 is 0 Å². The van der Waals surface area contributed by atoms with Crippen LogP contribution in [0.5, 0.6) is 11.8 Å². The zero-order valence-electron chi connectivity index (χ0n) is 50.1. The number of imide groups is 1. The second-order valence-corrected chi connectivity index (χ2v) is 21.1. The molecule has 2 aliphatic rings. The smallest absolute Gasteiger partial charge is 0.410 e. The molecular formula is C60H80N14O14. The maximum absolute atomic E-state index is 13.7. The van der Waals surface area contributed by atoms with E-state index in [1.165, 1.54) is 16.7 Å². The largest absolute Gasteiger partial charge is 0.496 e. The summed E-state index contributed by atoms with van der Waals surface area (Å²) in [5.74, 6) is -1.87. The van der Waals surface area contributed by atoms with Crippen LogP contribution in [0.25, 0.3) is 11.2 Å². The highest BCUT2D eigenvalue weighted by atomic mass is 16.6. The Kier molecular flexibility index (Phi) is 25.6. The fraction of sp³-hybridized carbons (Fsp3) is 0.467. The molecule has 4 heterocycles. The average Bonchev–Trinajstić information content (AvgIpc) is 2.32. The van der Waals surface area contributed by atoms with Crippen LogP contribution in [-0.2, 0) is 75.7 Å². The summed E-state index contributed by atoms with van der Waals surface area (Å²) < 4.78 is 34.7. The maximum atomic E-state index is 13.7. The first-order valence-corrected chi connectivity index (χ1v) is 29.2. The minimum atomic E-state index is -1.05. The molecule has 1 fully saturated rings. The van der Waals surface area contributed by atoms with Gasteiger partial charge in [0.2, 0.25) is 17.7 Å². The number of methoxy groups -OCH3 is 1. The highest BCUT2D eigenvalue weighted by Crippen LogP contribution is 2.25. The zero-order chi connectivity index (χ0) is 63.0. The molecule has 7 rings (SSSR count). The third-order valence-corrected chi connectivity index (χ3v) is 14.3. The minimum Gasteiger partial charge on any atom is -0.496 e. The third-order valence-electron chi connectivity index (χ3n) is 14.3. The van der Waals surface area contributed by atoms with Crippen molar-refractivity contribution < 1.29 is 62.0 Å². The van der Waals surface area contributed by atoms with Gasteiger partial charge in [-0.05, 0) is 66.1 Å². The molecule has 88 heavy (non-hydrogen) atoms. The number of aromatic nitrogens is 4. The van der Waals surface area contributed by atoms with Gasteiger partial charge in [0.1, 0.15) is 30.0 Å². The first kappa shape index (κ1) is 66.6. The van der Waals surface area contributed by atoms with E-state index in [1.807, 2.05) is 25.1 Å². The van der Waals surface area contributed by atoms with Crippen molar-refractivity contribution in [1.29, 1.82) is 0 Å². The van der Waals surface area contributed by atoms with Crippen LogP contribution in [-0.4, -0.2) is 181 Å². The number of ether oxygens (including phenoxy) is 6. The monoisotopic (exact) mass is 1220 g/mol. The Morgan fingerprint density at radius 3 is 2.07 bits per heavy atom. The van der Waals surface area contributed by atoms with E-state index in [-0.39, 0.29) is 114 Å². The van der Waals surface area contributed by atoms with E-state index in [1.54, 1.807) is 50.1 Å². The molecule has 2 aliphatic heterocycles. The van der Waals surface area contributed by atoms with Gasteiger partial charge in [0.05, 0.1) is 66.4 Å². The molecule has 0 bridgehead atoms. The molecule has 10 N–H and O–H groups in total. The molecule has 2 aromatic heterocycles. The summed E-state index contributed by atoms with van der Waals surface area (Å²) in [6.07, 6.45) is 2.40. The van der Waals surface area contributed by atoms with E-state index in [2.05, 4.69) is 70.7 Å². The zero-order valence-corrected chi connectivity index (χ0v) is 50.1. The average molecular weight is 1220 g/mol. The van der Waals surface area contributed by atoms with Crippen LogP contribution in [0.15, 0.2) is 83.7 Å². The van der Waals surface area contributed by atoms with Crippen LogP contribution in [0.2, 0.25) is 0 Å². The lowest BCUT2D eigenvalue weighted by Gasteiger charge is -2.34. The number of nitrogens with two attached hydrogens (primary N) is 2. The molecule has 5 aromatic rings. The molecule has 0 spiro atoms. The number of aromatic amines is 1. The number of piperazine rings is 1. The van der Waals surface area contributed by atoms with Gasteiger partial charge < -0.3 is 76.4 Å². The molecule has 1 saturated heterocycles. The molecule has 0 unspecified atom stereocenters. The van der Waals surface area contributed by atoms with Crippen molar-refractivity contribution in [2.45, 2.75) is 84.9 Å². The lowest BCUT2D eigenvalue weighted by Crippen LogP contribution is -2.54. The van der Waals surface area contributed by atoms with E-state index in [0.717, 1.165) is 33.7 Å². The number of nitrogen functional groups attached to an aromatic ring is 1. The number of primary amides is 1. The SMILES string of the molecule is CCOc1nc(N)c2[nH]c(=O)n(Cc3ccc(CNCc4ccc(CN5CCN(C(=O)OCc6ccc(NC(=O)[C@H](CCCNC(N)=O)NC(=O)[C@@H](NC(=O)CCOCCOCCOCCN7C(=O)C=CC7=O)C(C)C)cc6)CC5)cc4)cc3OC)c2n1. The first-order valence-electron chi connectivity index (χ1n) is 29.2. The summed E-state index contributed by atoms with van der Waals surface area (Å²) in [5.41, 5.74) is 16.8. The topological polar surface area (TPSA) is 360 Å². The molecule has 0 aliphatic carbocycles. The van der Waals surface area contributed by atoms with Gasteiger partial charge in [-0.1, -0.05) is 62.4 Å². The Balaban J connectivity index is 0.778. The summed E-state index contributed by atoms with van der Waals surface area (Å²) in [4.78, 5) is 117. The summed E-state index contributed by atoms with van der Waals surface area (Å²) >= 11 is 0. The number of hydrogen-bond donors (Lipinski definition) is 8. The number of imidazole rings is 1. The predicted molar refractivity (Wildman–Crippen MR) is 323 cm³/mol. The summed E-state index contributed by atoms with van der Waals surface area (Å²) in [6, 6.07) is 18.4. The fourth-order valence-corrected chi connectivity index (χ4v) is 9.52. The van der Waals surface area contributed by atoms with Crippen molar-refractivity contribution in [2.75, 3.05) is 104 Å². The van der Waals surface area contributed by atoms with Gasteiger partial charge in [-0.2, -0.15) is 9.97 Å². The number of amides is 8. The van der Waals surface area contributed by atoms with Crippen LogP contribution in [0.1, 0.15) is 67.9 Å². The molecule has 28 nitrogen and oxygen atoms in total. The molecule has 474 valence electrons. The summed E-state index contributed by atoms with van der Waals surface area (Å²) in [6.45, 7) is 11.7. The Hall–Kier alpha value is -8.96. The van der Waals surface area contributed by atoms with Crippen LogP contribution >= 0.6 is 0 Å². The Bertz CT molecular complexity index is 3240. The number of rotatable bonds is 35. The number of hydrogen-bond acceptors (Lipinski definition) is 19. The molecule has 8 amide bonds. The van der Waals surface area contributed by atoms with E-state index in [9.17, 15) is 38.4 Å². The number of carbonyl (C=O) groups is 7. The van der Waals surface area contributed by atoms with Crippen molar-refractivity contribution in [3.63, 3.8) is 0 Å². The predicted octanol–water partition coefficient (Wildman–Crippen LogP) is 2.28. The lowest BCUT2D eigenvalue weighted by atomic mass is 10.0. The number of benzene rings is 3. The Labute approximate surface area is 509 Å². The minimum absolute atomic E-state index is 0.00887. The second-order valence-electron chi connectivity index (χ2n) is 21.1. The fourth-order valence-electron chi connectivity index (χ4n) is 9.52. The van der Waals surface area contributed by atoms with Crippen molar-refractivity contribution >= 4 is 64.3 Å². The normalized spacial score (nSPS) is 14.1. The van der Waals surface area contributed by atoms with Crippen molar-refractivity contribution in [2.24, 2.45) is 11.7 Å². The van der Waals surface area contributed by atoms with Gasteiger partial charge in [0.15, 0.2) is 11.5 Å². The van der Waals surface area contributed by atoms with Crippen LogP contribution in [0, 0.1) is 5.92 Å². The molecule has 2 atom stereocenters. The Morgan fingerprint density at radius 2 is 1.40 bits per heavy atom. The van der Waals surface area contributed by atoms with Gasteiger partial charge in [-0.25, -0.2) is 14.4 Å². The van der Waals surface area contributed by atoms with Gasteiger partial charge in [0.25, 0.3) is 11.8 Å². The highest BCUT2D eigenvalue weighted by Gasteiger charge is 2.30. The maximum Gasteiger partial charge on any atom is 0.410 e. The van der Waals surface area contributed by atoms with Crippen molar-refractivity contribution in [3.05, 3.63) is 117 Å². The van der Waals surface area contributed by atoms with Gasteiger partial charge in [-0.15, -0.1) is 0 Å². The van der Waals surface area contributed by atoms with E-state index < -0.39 is 41.9 Å². The number of H-pyrrole nitrogens is 1. The number of anilines is 2. The lowest BCUT2D eigenvalue weighted by molar-refractivity contribution is -0.137. The van der Waals surface area contributed by atoms with Gasteiger partial charge in [0, 0.05) is 82.2 Å². The van der Waals surface area contributed by atoms with Crippen LogP contribution in [0.4, 0.5) is 21.1 Å². The standard InChI is InChI=1S/C60H80N14O14/c1-5-87-58-69-53(61)52-54(70-58)74(59(81)68-52)37-44-15-12-43(33-47(44)83-4)35-63-34-40-8-10-41(11-9-40)36-71-22-24-72(25-23-71)60(82)88-38-42-13-16-45(17-14-42)65-55(78)46(7-6-21-64-57(62)80)66-56(79)51(39(2)3)67-48(75)20-27-84-29-31-86-32-30-85-28-26-73-49(76)18-19-50(73)77/h8-19,33,39,46,51,63H,5-7,20-32,34-38H2,1-4H3,(H,65,78)(H,66,79)(H,67,75)(H,68,81)(H2,61,69,70)(H3,62,64,80)/t46-,51-/m0/s1. The highest BCUT2D eigenvalue weighted by molar-refractivity contribution is 6.12. The summed E-state index contributed by atoms with van der Waals surface area (Å²) in [7, 11) is 1.59. The summed E-state index contributed by atoms with van der Waals surface area (Å²) in [5, 5.41) is 14.3. The van der Waals surface area contributed by atoms with Crippen molar-refractivity contribution in [1.82, 2.24) is 55.5 Å². The molecule has 3 aromatic carbocycles. The number of urea groups is 1. The second kappa shape index (κ2) is 33.8. The van der Waals surface area contributed by atoms with Crippen molar-refractivity contribution in [3.8, 4) is 11.8 Å². The van der Waals surface area contributed by atoms with E-state index in [4.69, 9.17) is 39.9 Å². The van der Waals surface area contributed by atoms with Gasteiger partial charge in [-0.3, -0.25) is 38.3 Å². The molecule has 0 radical (unpaired) electrons. The number of nitrogens with one attached hydrogen (secondary N) is 6. The third kappa shape index (κ3) is 20.3. The number of fused-ring (bicyclic) bond motifs is 1. The molecule has 0 saturated carbocycles. The van der Waals surface area contributed by atoms with E-state index in [0.29, 0.717) is 80.5 Å². The van der Waals surface area contributed by atoms with Crippen LogP contribution in [0.3, 0.4) is 0 Å².